The Bertz CT molecular complexity index is 995. The van der Waals surface area contributed by atoms with Crippen LogP contribution in [0.1, 0.15) is 11.1 Å². The lowest BCUT2D eigenvalue weighted by Gasteiger charge is -2.17. The number of ether oxygens (including phenoxy) is 1. The van der Waals surface area contributed by atoms with Crippen molar-refractivity contribution < 1.29 is 52.7 Å². The van der Waals surface area contributed by atoms with Crippen LogP contribution >= 0.6 is 0 Å². The van der Waals surface area contributed by atoms with E-state index in [1.165, 1.54) is 0 Å². The van der Waals surface area contributed by atoms with E-state index < -0.39 is 56.2 Å². The van der Waals surface area contributed by atoms with Crippen LogP contribution in [0.25, 0.3) is 0 Å². The Morgan fingerprint density at radius 3 is 1.83 bits per heavy atom. The predicted octanol–water partition coefficient (Wildman–Crippen LogP) is 5.78. The maximum atomic E-state index is 12.8. The van der Waals surface area contributed by atoms with Crippen LogP contribution in [0.15, 0.2) is 42.5 Å². The highest BCUT2D eigenvalue weighted by Crippen LogP contribution is 2.39. The standard InChI is InChI=1S/C15H8F9NO3S/c16-13(17,18)8-2-1-3-10(6-8)28-12-5-4-9(14(19,20)21)7-11(12)25-29(26,27)15(22,23)24/h1-7,25H. The first-order valence-electron chi connectivity index (χ1n) is 7.16. The summed E-state index contributed by atoms with van der Waals surface area (Å²) in [5.41, 5.74) is -9.86. The summed E-state index contributed by atoms with van der Waals surface area (Å²) in [6, 6.07) is 3.74. The molecule has 0 radical (unpaired) electrons. The lowest BCUT2D eigenvalue weighted by molar-refractivity contribution is -0.138. The van der Waals surface area contributed by atoms with Gasteiger partial charge in [-0.1, -0.05) is 6.07 Å². The monoisotopic (exact) mass is 453 g/mol. The molecule has 0 heterocycles. The lowest BCUT2D eigenvalue weighted by Crippen LogP contribution is -2.30. The first-order chi connectivity index (χ1) is 13.0. The van der Waals surface area contributed by atoms with Gasteiger partial charge in [0.05, 0.1) is 16.8 Å². The van der Waals surface area contributed by atoms with Gasteiger partial charge in [0, 0.05) is 0 Å². The number of hydrogen-bond acceptors (Lipinski definition) is 3. The molecule has 14 heteroatoms. The van der Waals surface area contributed by atoms with Crippen molar-refractivity contribution >= 4 is 15.7 Å². The minimum atomic E-state index is -6.14. The van der Waals surface area contributed by atoms with E-state index in [1.807, 2.05) is 0 Å². The van der Waals surface area contributed by atoms with Crippen molar-refractivity contribution in [2.24, 2.45) is 0 Å². The molecule has 2 rings (SSSR count). The van der Waals surface area contributed by atoms with E-state index in [4.69, 9.17) is 4.74 Å². The fourth-order valence-electron chi connectivity index (χ4n) is 1.94. The second-order valence-electron chi connectivity index (χ2n) is 5.39. The van der Waals surface area contributed by atoms with Crippen molar-refractivity contribution in [1.29, 1.82) is 0 Å². The van der Waals surface area contributed by atoms with Crippen molar-refractivity contribution in [3.63, 3.8) is 0 Å². The predicted molar refractivity (Wildman–Crippen MR) is 81.6 cm³/mol. The molecule has 0 aromatic heterocycles. The van der Waals surface area contributed by atoms with Gasteiger partial charge in [0.25, 0.3) is 0 Å². The fraction of sp³-hybridized carbons (Fsp3) is 0.200. The first kappa shape index (κ1) is 22.6. The van der Waals surface area contributed by atoms with E-state index in [2.05, 4.69) is 0 Å². The molecule has 0 fully saturated rings. The Balaban J connectivity index is 2.52. The smallest absolute Gasteiger partial charge is 0.455 e. The van der Waals surface area contributed by atoms with Crippen molar-refractivity contribution in [2.45, 2.75) is 17.9 Å². The molecule has 4 nitrogen and oxygen atoms in total. The van der Waals surface area contributed by atoms with Gasteiger partial charge in [-0.2, -0.15) is 47.9 Å². The summed E-state index contributed by atoms with van der Waals surface area (Å²) >= 11 is 0. The van der Waals surface area contributed by atoms with Gasteiger partial charge in [-0.15, -0.1) is 0 Å². The number of sulfonamides is 1. The molecule has 0 bridgehead atoms. The number of hydrogen-bond donors (Lipinski definition) is 1. The van der Waals surface area contributed by atoms with E-state index in [0.29, 0.717) is 24.3 Å². The third kappa shape index (κ3) is 5.46. The Morgan fingerprint density at radius 1 is 0.759 bits per heavy atom. The van der Waals surface area contributed by atoms with Crippen molar-refractivity contribution in [3.8, 4) is 11.5 Å². The quantitative estimate of drug-likeness (QED) is 0.598. The van der Waals surface area contributed by atoms with Gasteiger partial charge >= 0.3 is 27.9 Å². The van der Waals surface area contributed by atoms with Gasteiger partial charge in [0.1, 0.15) is 5.75 Å². The zero-order chi connectivity index (χ0) is 22.3. The first-order valence-corrected chi connectivity index (χ1v) is 8.64. The van der Waals surface area contributed by atoms with E-state index >= 15 is 0 Å². The highest BCUT2D eigenvalue weighted by molar-refractivity contribution is 7.93. The van der Waals surface area contributed by atoms with Crippen molar-refractivity contribution in [2.75, 3.05) is 4.72 Å². The van der Waals surface area contributed by atoms with Crippen LogP contribution in [0.2, 0.25) is 0 Å². The molecule has 0 unspecified atom stereocenters. The number of halogens is 9. The minimum Gasteiger partial charge on any atom is -0.455 e. The van der Waals surface area contributed by atoms with Crippen LogP contribution in [0.3, 0.4) is 0 Å². The van der Waals surface area contributed by atoms with Crippen molar-refractivity contribution in [1.82, 2.24) is 0 Å². The van der Waals surface area contributed by atoms with Gasteiger partial charge in [-0.05, 0) is 36.4 Å². The van der Waals surface area contributed by atoms with E-state index in [0.717, 1.165) is 16.9 Å². The van der Waals surface area contributed by atoms with E-state index in [1.54, 1.807) is 0 Å². The van der Waals surface area contributed by atoms with E-state index in [-0.39, 0.29) is 6.07 Å². The van der Waals surface area contributed by atoms with Gasteiger partial charge in [0.2, 0.25) is 0 Å². The second-order valence-corrected chi connectivity index (χ2v) is 7.06. The van der Waals surface area contributed by atoms with Gasteiger partial charge in [0.15, 0.2) is 5.75 Å². The number of benzene rings is 2. The molecule has 2 aromatic carbocycles. The summed E-state index contributed by atoms with van der Waals surface area (Å²) in [5.74, 6) is -1.49. The molecule has 0 aliphatic heterocycles. The number of nitrogens with one attached hydrogen (secondary N) is 1. The third-order valence-corrected chi connectivity index (χ3v) is 4.34. The summed E-state index contributed by atoms with van der Waals surface area (Å²) in [6.45, 7) is 0. The summed E-state index contributed by atoms with van der Waals surface area (Å²) < 4.78 is 143. The van der Waals surface area contributed by atoms with Crippen LogP contribution in [0, 0.1) is 0 Å². The summed E-state index contributed by atoms with van der Waals surface area (Å²) in [4.78, 5) is 0. The number of rotatable bonds is 4. The van der Waals surface area contributed by atoms with Gasteiger partial charge < -0.3 is 4.74 Å². The molecular weight excluding hydrogens is 445 g/mol. The topological polar surface area (TPSA) is 55.4 Å². The van der Waals surface area contributed by atoms with Crippen LogP contribution in [-0.4, -0.2) is 13.9 Å². The number of anilines is 1. The summed E-state index contributed by atoms with van der Waals surface area (Å²) in [5, 5.41) is 0. The Morgan fingerprint density at radius 2 is 1.31 bits per heavy atom. The van der Waals surface area contributed by atoms with E-state index in [9.17, 15) is 47.9 Å². The van der Waals surface area contributed by atoms with Gasteiger partial charge in [-0.25, -0.2) is 0 Å². The second kappa shape index (κ2) is 7.31. The molecule has 2 aromatic rings. The molecule has 29 heavy (non-hydrogen) atoms. The molecule has 160 valence electrons. The average molecular weight is 453 g/mol. The maximum absolute atomic E-state index is 12.8. The van der Waals surface area contributed by atoms with Crippen LogP contribution < -0.4 is 9.46 Å². The Kier molecular flexibility index (Phi) is 5.71. The zero-order valence-electron chi connectivity index (χ0n) is 13.6. The molecule has 0 amide bonds. The maximum Gasteiger partial charge on any atom is 0.516 e. The number of alkyl halides is 9. The molecule has 0 spiro atoms. The van der Waals surface area contributed by atoms with Gasteiger partial charge in [-0.3, -0.25) is 4.72 Å². The Hall–Kier alpha value is -2.64. The SMILES string of the molecule is O=S(=O)(Nc1cc(C(F)(F)F)ccc1Oc1cccc(C(F)(F)F)c1)C(F)(F)F. The molecule has 0 saturated heterocycles. The highest BCUT2D eigenvalue weighted by atomic mass is 32.2. The zero-order valence-corrected chi connectivity index (χ0v) is 14.4. The molecule has 0 aliphatic rings. The van der Waals surface area contributed by atoms with Crippen LogP contribution in [0.4, 0.5) is 45.2 Å². The minimum absolute atomic E-state index is 0.0201. The van der Waals surface area contributed by atoms with Crippen LogP contribution in [-0.2, 0) is 22.4 Å². The summed E-state index contributed by atoms with van der Waals surface area (Å²) in [6.07, 6.45) is -9.85. The highest BCUT2D eigenvalue weighted by Gasteiger charge is 2.46. The molecule has 0 saturated carbocycles. The summed E-state index contributed by atoms with van der Waals surface area (Å²) in [7, 11) is -6.14. The molecule has 0 aliphatic carbocycles. The largest absolute Gasteiger partial charge is 0.516 e. The Labute approximate surface area is 156 Å². The molecular formula is C15H8F9NO3S. The fourth-order valence-corrected chi connectivity index (χ4v) is 2.51. The van der Waals surface area contributed by atoms with Crippen molar-refractivity contribution in [3.05, 3.63) is 53.6 Å². The van der Waals surface area contributed by atoms with Crippen LogP contribution in [0.5, 0.6) is 11.5 Å². The molecule has 1 N–H and O–H groups in total. The molecule has 0 atom stereocenters. The normalized spacial score (nSPS) is 13.3. The lowest BCUT2D eigenvalue weighted by atomic mass is 10.1. The average Bonchev–Trinajstić information content (AvgIpc) is 2.53. The third-order valence-electron chi connectivity index (χ3n) is 3.25.